The molecule has 4 heteroatoms. The minimum absolute atomic E-state index is 0.190. The predicted molar refractivity (Wildman–Crippen MR) is 57.3 cm³/mol. The van der Waals surface area contributed by atoms with Crippen molar-refractivity contribution in [3.05, 3.63) is 0 Å². The van der Waals surface area contributed by atoms with Gasteiger partial charge in [0.1, 0.15) is 0 Å². The van der Waals surface area contributed by atoms with E-state index in [1.807, 2.05) is 0 Å². The molecule has 0 aromatic carbocycles. The standard InChI is InChI=1S/C11H20N2O2/c12-8-11(4-6-15-7-5-11)13-10(14)9-2-1-3-9/h9H,1-8,12H2,(H,13,14). The topological polar surface area (TPSA) is 64.3 Å². The summed E-state index contributed by atoms with van der Waals surface area (Å²) in [4.78, 5) is 11.9. The first-order valence-corrected chi connectivity index (χ1v) is 5.86. The number of carbonyl (C=O) groups is 1. The molecule has 0 aromatic rings. The van der Waals surface area contributed by atoms with Crippen molar-refractivity contribution in [2.75, 3.05) is 19.8 Å². The van der Waals surface area contributed by atoms with Crippen LogP contribution >= 0.6 is 0 Å². The largest absolute Gasteiger partial charge is 0.381 e. The summed E-state index contributed by atoms with van der Waals surface area (Å²) in [5, 5.41) is 3.14. The molecular formula is C11H20N2O2. The summed E-state index contributed by atoms with van der Waals surface area (Å²) in [6, 6.07) is 0. The number of ether oxygens (including phenoxy) is 1. The van der Waals surface area contributed by atoms with Gasteiger partial charge in [-0.05, 0) is 25.7 Å². The van der Waals surface area contributed by atoms with Crippen molar-refractivity contribution in [1.82, 2.24) is 5.32 Å². The number of hydrogen-bond donors (Lipinski definition) is 2. The van der Waals surface area contributed by atoms with Gasteiger partial charge in [-0.2, -0.15) is 0 Å². The molecule has 2 aliphatic rings. The van der Waals surface area contributed by atoms with Crippen LogP contribution in [0.4, 0.5) is 0 Å². The average molecular weight is 212 g/mol. The highest BCUT2D eigenvalue weighted by Crippen LogP contribution is 2.28. The van der Waals surface area contributed by atoms with Gasteiger partial charge in [-0.3, -0.25) is 4.79 Å². The molecule has 3 N–H and O–H groups in total. The molecule has 2 fully saturated rings. The van der Waals surface area contributed by atoms with Crippen molar-refractivity contribution in [2.45, 2.75) is 37.6 Å². The van der Waals surface area contributed by atoms with Gasteiger partial charge in [0.05, 0.1) is 5.54 Å². The molecule has 1 aliphatic heterocycles. The van der Waals surface area contributed by atoms with Crippen molar-refractivity contribution in [2.24, 2.45) is 11.7 Å². The van der Waals surface area contributed by atoms with Crippen molar-refractivity contribution in [3.63, 3.8) is 0 Å². The van der Waals surface area contributed by atoms with E-state index in [-0.39, 0.29) is 17.4 Å². The number of amides is 1. The van der Waals surface area contributed by atoms with Crippen molar-refractivity contribution in [3.8, 4) is 0 Å². The molecule has 1 amide bonds. The molecule has 86 valence electrons. The fourth-order valence-corrected chi connectivity index (χ4v) is 2.18. The van der Waals surface area contributed by atoms with Gasteiger partial charge in [-0.15, -0.1) is 0 Å². The number of hydrogen-bond acceptors (Lipinski definition) is 3. The highest BCUT2D eigenvalue weighted by molar-refractivity contribution is 5.80. The third kappa shape index (κ3) is 2.32. The summed E-state index contributed by atoms with van der Waals surface area (Å²) < 4.78 is 5.30. The lowest BCUT2D eigenvalue weighted by molar-refractivity contribution is -0.130. The number of nitrogens with one attached hydrogen (secondary N) is 1. The monoisotopic (exact) mass is 212 g/mol. The van der Waals surface area contributed by atoms with E-state index in [4.69, 9.17) is 10.5 Å². The smallest absolute Gasteiger partial charge is 0.223 e. The van der Waals surface area contributed by atoms with Crippen molar-refractivity contribution < 1.29 is 9.53 Å². The van der Waals surface area contributed by atoms with Crippen molar-refractivity contribution in [1.29, 1.82) is 0 Å². The van der Waals surface area contributed by atoms with Crippen LogP contribution < -0.4 is 11.1 Å². The van der Waals surface area contributed by atoms with Crippen LogP contribution in [0.3, 0.4) is 0 Å². The van der Waals surface area contributed by atoms with Crippen molar-refractivity contribution >= 4 is 5.91 Å². The average Bonchev–Trinajstić information content (AvgIpc) is 2.16. The zero-order valence-corrected chi connectivity index (χ0v) is 9.13. The van der Waals surface area contributed by atoms with Crippen LogP contribution in [0, 0.1) is 5.92 Å². The van der Waals surface area contributed by atoms with Gasteiger partial charge >= 0.3 is 0 Å². The Hall–Kier alpha value is -0.610. The Labute approximate surface area is 90.5 Å². The van der Waals surface area contributed by atoms with E-state index in [1.165, 1.54) is 6.42 Å². The first-order valence-electron chi connectivity index (χ1n) is 5.86. The zero-order chi connectivity index (χ0) is 10.7. The Bertz CT molecular complexity index is 233. The van der Waals surface area contributed by atoms with Crippen LogP contribution in [0.25, 0.3) is 0 Å². The maximum absolute atomic E-state index is 11.9. The molecule has 1 heterocycles. The summed E-state index contributed by atoms with van der Waals surface area (Å²) >= 11 is 0. The summed E-state index contributed by atoms with van der Waals surface area (Å²) in [6.07, 6.45) is 4.98. The molecule has 0 unspecified atom stereocenters. The van der Waals surface area contributed by atoms with E-state index in [9.17, 15) is 4.79 Å². The molecule has 1 saturated carbocycles. The quantitative estimate of drug-likeness (QED) is 0.712. The van der Waals surface area contributed by atoms with E-state index in [2.05, 4.69) is 5.32 Å². The lowest BCUT2D eigenvalue weighted by Crippen LogP contribution is -2.58. The van der Waals surface area contributed by atoms with E-state index in [1.54, 1.807) is 0 Å². The normalized spacial score (nSPS) is 25.7. The Balaban J connectivity index is 1.90. The minimum atomic E-state index is -0.190. The van der Waals surface area contributed by atoms with E-state index >= 15 is 0 Å². The van der Waals surface area contributed by atoms with Gasteiger partial charge in [-0.25, -0.2) is 0 Å². The maximum Gasteiger partial charge on any atom is 0.223 e. The Morgan fingerprint density at radius 2 is 2.07 bits per heavy atom. The van der Waals surface area contributed by atoms with Gasteiger partial charge in [0.15, 0.2) is 0 Å². The molecule has 0 spiro atoms. The third-order valence-corrected chi connectivity index (χ3v) is 3.70. The van der Waals surface area contributed by atoms with Crippen LogP contribution in [0.5, 0.6) is 0 Å². The van der Waals surface area contributed by atoms with Gasteiger partial charge in [0.2, 0.25) is 5.91 Å². The maximum atomic E-state index is 11.9. The highest BCUT2D eigenvalue weighted by atomic mass is 16.5. The number of carbonyl (C=O) groups excluding carboxylic acids is 1. The van der Waals surface area contributed by atoms with Crippen LogP contribution in [-0.2, 0) is 9.53 Å². The van der Waals surface area contributed by atoms with Gasteiger partial charge < -0.3 is 15.8 Å². The molecular weight excluding hydrogens is 192 g/mol. The minimum Gasteiger partial charge on any atom is -0.381 e. The Morgan fingerprint density at radius 1 is 1.40 bits per heavy atom. The summed E-state index contributed by atoms with van der Waals surface area (Å²) in [7, 11) is 0. The molecule has 0 aromatic heterocycles. The zero-order valence-electron chi connectivity index (χ0n) is 9.13. The second kappa shape index (κ2) is 4.49. The lowest BCUT2D eigenvalue weighted by atomic mass is 9.82. The summed E-state index contributed by atoms with van der Waals surface area (Å²) in [5.74, 6) is 0.449. The van der Waals surface area contributed by atoms with Gasteiger partial charge in [0.25, 0.3) is 0 Å². The highest BCUT2D eigenvalue weighted by Gasteiger charge is 2.35. The Morgan fingerprint density at radius 3 is 2.53 bits per heavy atom. The molecule has 0 bridgehead atoms. The predicted octanol–water partition coefficient (Wildman–Crippen LogP) is 0.411. The van der Waals surface area contributed by atoms with Gasteiger partial charge in [-0.1, -0.05) is 6.42 Å². The third-order valence-electron chi connectivity index (χ3n) is 3.70. The number of nitrogens with two attached hydrogens (primary N) is 1. The van der Waals surface area contributed by atoms with Crippen LogP contribution in [-0.4, -0.2) is 31.2 Å². The van der Waals surface area contributed by atoms with Crippen LogP contribution in [0.1, 0.15) is 32.1 Å². The molecule has 1 aliphatic carbocycles. The van der Waals surface area contributed by atoms with Crippen LogP contribution in [0.15, 0.2) is 0 Å². The SMILES string of the molecule is NCC1(NC(=O)C2CCC2)CCOCC1. The fourth-order valence-electron chi connectivity index (χ4n) is 2.18. The fraction of sp³-hybridized carbons (Fsp3) is 0.909. The molecule has 0 radical (unpaired) electrons. The van der Waals surface area contributed by atoms with Gasteiger partial charge in [0, 0.05) is 25.7 Å². The van der Waals surface area contributed by atoms with E-state index in [0.29, 0.717) is 19.8 Å². The molecule has 4 nitrogen and oxygen atoms in total. The first-order chi connectivity index (χ1) is 7.26. The second-order valence-corrected chi connectivity index (χ2v) is 4.71. The summed E-state index contributed by atoms with van der Waals surface area (Å²) in [6.45, 7) is 1.94. The number of rotatable bonds is 3. The first kappa shape index (κ1) is 10.9. The lowest BCUT2D eigenvalue weighted by Gasteiger charge is -2.39. The molecule has 0 atom stereocenters. The molecule has 1 saturated heterocycles. The second-order valence-electron chi connectivity index (χ2n) is 4.71. The summed E-state index contributed by atoms with van der Waals surface area (Å²) in [5.41, 5.74) is 5.59. The molecule has 2 rings (SSSR count). The molecule has 15 heavy (non-hydrogen) atoms. The Kier molecular flexibility index (Phi) is 3.26. The van der Waals surface area contributed by atoms with Crippen LogP contribution in [0.2, 0.25) is 0 Å². The van der Waals surface area contributed by atoms with E-state index in [0.717, 1.165) is 25.7 Å². The van der Waals surface area contributed by atoms with E-state index < -0.39 is 0 Å².